The molecule has 1 atom stereocenters. The minimum Gasteiger partial charge on any atom is -0.379 e. The third-order valence-corrected chi connectivity index (χ3v) is 9.65. The largest absolute Gasteiger partial charge is 0.379 e. The maximum atomic E-state index is 13.4. The van der Waals surface area contributed by atoms with Crippen LogP contribution in [0.2, 0.25) is 0 Å². The van der Waals surface area contributed by atoms with Crippen LogP contribution in [0.4, 0.5) is 0 Å². The summed E-state index contributed by atoms with van der Waals surface area (Å²) in [6.45, 7) is 4.71. The lowest BCUT2D eigenvalue weighted by atomic mass is 9.91. The highest BCUT2D eigenvalue weighted by atomic mass is 32.2. The number of amides is 1. The van der Waals surface area contributed by atoms with Crippen molar-refractivity contribution in [1.82, 2.24) is 28.3 Å². The highest BCUT2D eigenvalue weighted by molar-refractivity contribution is 7.86. The van der Waals surface area contributed by atoms with Gasteiger partial charge in [0.1, 0.15) is 12.2 Å². The van der Waals surface area contributed by atoms with Crippen LogP contribution in [-0.4, -0.2) is 95.1 Å². The number of ether oxygens (including phenoxy) is 1. The van der Waals surface area contributed by atoms with E-state index in [-0.39, 0.29) is 11.8 Å². The van der Waals surface area contributed by atoms with Gasteiger partial charge in [-0.05, 0) is 37.2 Å². The van der Waals surface area contributed by atoms with Crippen molar-refractivity contribution < 1.29 is 17.9 Å². The number of likely N-dealkylation sites (tertiary alicyclic amines) is 1. The lowest BCUT2D eigenvalue weighted by molar-refractivity contribution is -0.138. The molecule has 36 heavy (non-hydrogen) atoms. The zero-order valence-corrected chi connectivity index (χ0v) is 21.6. The lowest BCUT2D eigenvalue weighted by Gasteiger charge is -2.39. The van der Waals surface area contributed by atoms with Gasteiger partial charge in [0.05, 0.1) is 19.8 Å². The number of piperidine rings is 2. The quantitative estimate of drug-likeness (QED) is 0.552. The van der Waals surface area contributed by atoms with Crippen LogP contribution < -0.4 is 0 Å². The Morgan fingerprint density at radius 1 is 0.972 bits per heavy atom. The minimum absolute atomic E-state index is 0.110. The van der Waals surface area contributed by atoms with E-state index in [9.17, 15) is 13.2 Å². The molecule has 0 saturated carbocycles. The number of nitrogens with zero attached hydrogens (tertiary/aromatic N) is 6. The van der Waals surface area contributed by atoms with Gasteiger partial charge < -0.3 is 14.2 Å². The molecular formula is C25H36N6O4S. The molecule has 3 aliphatic heterocycles. The number of benzene rings is 1. The van der Waals surface area contributed by atoms with Gasteiger partial charge in [0.2, 0.25) is 5.91 Å². The minimum atomic E-state index is -3.48. The van der Waals surface area contributed by atoms with E-state index in [1.54, 1.807) is 10.6 Å². The van der Waals surface area contributed by atoms with Gasteiger partial charge >= 0.3 is 0 Å². The molecule has 3 aliphatic rings. The molecule has 0 aliphatic carbocycles. The number of morpholine rings is 1. The fourth-order valence-electron chi connectivity index (χ4n) is 5.57. The molecule has 0 bridgehead atoms. The van der Waals surface area contributed by atoms with Gasteiger partial charge in [-0.1, -0.05) is 30.3 Å². The smallest absolute Gasteiger partial charge is 0.282 e. The summed E-state index contributed by atoms with van der Waals surface area (Å²) < 4.78 is 36.3. The lowest BCUT2D eigenvalue weighted by Crippen LogP contribution is -2.52. The molecule has 196 valence electrons. The topological polar surface area (TPSA) is 101 Å². The van der Waals surface area contributed by atoms with Crippen molar-refractivity contribution >= 4 is 16.1 Å². The first-order chi connectivity index (χ1) is 17.5. The number of carbonyl (C=O) groups excluding carboxylic acids is 1. The average Bonchev–Trinajstić information content (AvgIpc) is 3.35. The van der Waals surface area contributed by atoms with E-state index in [1.165, 1.54) is 9.87 Å². The Labute approximate surface area is 213 Å². The Bertz CT molecular complexity index is 1110. The summed E-state index contributed by atoms with van der Waals surface area (Å²) in [7, 11) is -3.48. The zero-order chi connectivity index (χ0) is 25.0. The molecular weight excluding hydrogens is 480 g/mol. The fraction of sp³-hybridized carbons (Fsp3) is 0.640. The molecule has 3 fully saturated rings. The molecule has 5 rings (SSSR count). The zero-order valence-electron chi connectivity index (χ0n) is 20.7. The maximum Gasteiger partial charge on any atom is 0.282 e. The molecule has 3 saturated heterocycles. The van der Waals surface area contributed by atoms with Gasteiger partial charge in [-0.3, -0.25) is 4.79 Å². The molecule has 1 amide bonds. The van der Waals surface area contributed by atoms with Crippen LogP contribution in [0.25, 0.3) is 0 Å². The average molecular weight is 517 g/mol. The first-order valence-corrected chi connectivity index (χ1v) is 14.4. The number of hydrogen-bond donors (Lipinski definition) is 0. The van der Waals surface area contributed by atoms with Gasteiger partial charge in [0, 0.05) is 51.6 Å². The van der Waals surface area contributed by atoms with Crippen molar-refractivity contribution in [3.8, 4) is 0 Å². The van der Waals surface area contributed by atoms with Crippen molar-refractivity contribution in [1.29, 1.82) is 0 Å². The predicted octanol–water partition coefficient (Wildman–Crippen LogP) is 1.40. The summed E-state index contributed by atoms with van der Waals surface area (Å²) in [6, 6.07) is 10.3. The second kappa shape index (κ2) is 11.4. The van der Waals surface area contributed by atoms with Crippen LogP contribution in [0.1, 0.15) is 37.1 Å². The SMILES string of the molecule is O=C(C1CCN(S(=O)(=O)N2CCOCC2)CC1)N1CCCC(Cc2nncn2Cc2ccccc2)C1. The van der Waals surface area contributed by atoms with Crippen molar-refractivity contribution in [2.75, 3.05) is 52.5 Å². The Kier molecular flexibility index (Phi) is 8.00. The Morgan fingerprint density at radius 2 is 1.69 bits per heavy atom. The van der Waals surface area contributed by atoms with Crippen LogP contribution in [0.3, 0.4) is 0 Å². The highest BCUT2D eigenvalue weighted by Crippen LogP contribution is 2.27. The van der Waals surface area contributed by atoms with E-state index < -0.39 is 10.2 Å². The van der Waals surface area contributed by atoms with E-state index >= 15 is 0 Å². The number of carbonyl (C=O) groups is 1. The van der Waals surface area contributed by atoms with Gasteiger partial charge in [-0.15, -0.1) is 10.2 Å². The molecule has 0 radical (unpaired) electrons. The number of rotatable bonds is 7. The van der Waals surface area contributed by atoms with E-state index in [2.05, 4.69) is 26.9 Å². The van der Waals surface area contributed by atoms with E-state index in [1.807, 2.05) is 23.1 Å². The van der Waals surface area contributed by atoms with Crippen molar-refractivity contribution in [3.63, 3.8) is 0 Å². The van der Waals surface area contributed by atoms with Gasteiger partial charge in [0.25, 0.3) is 10.2 Å². The highest BCUT2D eigenvalue weighted by Gasteiger charge is 2.37. The normalized spacial score (nSPS) is 23.1. The van der Waals surface area contributed by atoms with Crippen LogP contribution in [-0.2, 0) is 32.7 Å². The second-order valence-corrected chi connectivity index (χ2v) is 12.0. The number of hydrogen-bond acceptors (Lipinski definition) is 6. The van der Waals surface area contributed by atoms with Crippen LogP contribution >= 0.6 is 0 Å². The van der Waals surface area contributed by atoms with Crippen molar-refractivity contribution in [3.05, 3.63) is 48.0 Å². The summed E-state index contributed by atoms with van der Waals surface area (Å²) in [5.74, 6) is 1.37. The van der Waals surface area contributed by atoms with Crippen LogP contribution in [0.15, 0.2) is 36.7 Å². The van der Waals surface area contributed by atoms with Gasteiger partial charge in [0.15, 0.2) is 0 Å². The molecule has 0 N–H and O–H groups in total. The molecule has 1 aromatic heterocycles. The Hall–Kier alpha value is -2.34. The fourth-order valence-corrected chi connectivity index (χ4v) is 7.18. The molecule has 1 unspecified atom stereocenters. The summed E-state index contributed by atoms with van der Waals surface area (Å²) in [5, 5.41) is 8.51. The van der Waals surface area contributed by atoms with Crippen molar-refractivity contribution in [2.45, 2.75) is 38.6 Å². The maximum absolute atomic E-state index is 13.4. The second-order valence-electron chi connectivity index (χ2n) is 10.0. The summed E-state index contributed by atoms with van der Waals surface area (Å²) in [4.78, 5) is 15.4. The predicted molar refractivity (Wildman–Crippen MR) is 134 cm³/mol. The molecule has 2 aromatic rings. The monoisotopic (exact) mass is 516 g/mol. The molecule has 11 heteroatoms. The third-order valence-electron chi connectivity index (χ3n) is 7.62. The number of aromatic nitrogens is 3. The first-order valence-electron chi connectivity index (χ1n) is 13.0. The molecule has 10 nitrogen and oxygen atoms in total. The third kappa shape index (κ3) is 5.80. The Balaban J connectivity index is 1.14. The van der Waals surface area contributed by atoms with E-state index in [0.717, 1.165) is 44.7 Å². The standard InChI is InChI=1S/C25H36N6O4S/c32-25(23-8-11-30(12-9-23)36(33,34)31-13-15-35-16-14-31)28-10-4-7-22(19-28)17-24-27-26-20-29(24)18-21-5-2-1-3-6-21/h1-3,5-6,20,22-23H,4,7-19H2. The van der Waals surface area contributed by atoms with Gasteiger partial charge in [-0.2, -0.15) is 17.0 Å². The summed E-state index contributed by atoms with van der Waals surface area (Å²) in [5.41, 5.74) is 1.21. The van der Waals surface area contributed by atoms with Crippen LogP contribution in [0, 0.1) is 11.8 Å². The molecule has 4 heterocycles. The summed E-state index contributed by atoms with van der Waals surface area (Å²) >= 11 is 0. The van der Waals surface area contributed by atoms with Gasteiger partial charge in [-0.25, -0.2) is 0 Å². The Morgan fingerprint density at radius 3 is 2.44 bits per heavy atom. The van der Waals surface area contributed by atoms with E-state index in [4.69, 9.17) is 4.74 Å². The summed E-state index contributed by atoms with van der Waals surface area (Å²) in [6.07, 6.45) is 5.79. The van der Waals surface area contributed by atoms with Crippen molar-refractivity contribution in [2.24, 2.45) is 11.8 Å². The molecule has 1 aromatic carbocycles. The molecule has 0 spiro atoms. The van der Waals surface area contributed by atoms with Crippen LogP contribution in [0.5, 0.6) is 0 Å². The first kappa shape index (κ1) is 25.3. The van der Waals surface area contributed by atoms with E-state index in [0.29, 0.717) is 58.2 Å².